The minimum absolute atomic E-state index is 0.00898. The molecule has 74 valence electrons. The number of hydrogen-bond donors (Lipinski definition) is 2. The van der Waals surface area contributed by atoms with E-state index in [0.29, 0.717) is 17.3 Å². The molecular weight excluding hydrogens is 176 g/mol. The van der Waals surface area contributed by atoms with Crippen molar-refractivity contribution in [3.8, 4) is 0 Å². The molecule has 0 heterocycles. The Kier molecular flexibility index (Phi) is 2.39. The molecule has 3 heteroatoms. The maximum atomic E-state index is 11.6. The van der Waals surface area contributed by atoms with Crippen LogP contribution in [0, 0.1) is 0 Å². The van der Waals surface area contributed by atoms with Crippen LogP contribution in [-0.2, 0) is 0 Å². The number of carbonyl (C=O) groups is 1. The van der Waals surface area contributed by atoms with E-state index in [1.54, 1.807) is 24.3 Å². The molecule has 0 spiro atoms. The standard InChI is InChI=1S/C11H14N2O/c12-9-6-4-8(5-7-9)11(14)13-10-2-1-3-10/h4-7,10H,1-3,12H2,(H,13,14). The predicted octanol–water partition coefficient (Wildman–Crippen LogP) is 1.55. The van der Waals surface area contributed by atoms with E-state index < -0.39 is 0 Å². The number of nitrogen functional groups attached to an aromatic ring is 1. The summed E-state index contributed by atoms with van der Waals surface area (Å²) in [6.07, 6.45) is 3.45. The number of hydrogen-bond acceptors (Lipinski definition) is 2. The van der Waals surface area contributed by atoms with Crippen LogP contribution in [0.3, 0.4) is 0 Å². The summed E-state index contributed by atoms with van der Waals surface area (Å²) in [5.74, 6) is 0.00898. The van der Waals surface area contributed by atoms with Crippen LogP contribution in [0.15, 0.2) is 24.3 Å². The summed E-state index contributed by atoms with van der Waals surface area (Å²) in [6.45, 7) is 0. The molecule has 0 atom stereocenters. The van der Waals surface area contributed by atoms with E-state index in [1.807, 2.05) is 0 Å². The molecule has 0 radical (unpaired) electrons. The zero-order valence-electron chi connectivity index (χ0n) is 7.99. The molecule has 1 aromatic carbocycles. The maximum absolute atomic E-state index is 11.6. The Hall–Kier alpha value is -1.51. The van der Waals surface area contributed by atoms with Crippen LogP contribution in [0.5, 0.6) is 0 Å². The monoisotopic (exact) mass is 190 g/mol. The normalized spacial score (nSPS) is 16.0. The maximum Gasteiger partial charge on any atom is 0.251 e. The minimum Gasteiger partial charge on any atom is -0.399 e. The smallest absolute Gasteiger partial charge is 0.251 e. The van der Waals surface area contributed by atoms with Crippen molar-refractivity contribution in [1.82, 2.24) is 5.32 Å². The van der Waals surface area contributed by atoms with Crippen LogP contribution in [0.25, 0.3) is 0 Å². The first kappa shape index (κ1) is 9.06. The summed E-state index contributed by atoms with van der Waals surface area (Å²) < 4.78 is 0. The second-order valence-electron chi connectivity index (χ2n) is 3.72. The molecular formula is C11H14N2O. The molecule has 1 fully saturated rings. The minimum atomic E-state index is 0.00898. The summed E-state index contributed by atoms with van der Waals surface area (Å²) >= 11 is 0. The highest BCUT2D eigenvalue weighted by Gasteiger charge is 2.19. The van der Waals surface area contributed by atoms with Gasteiger partial charge in [-0.2, -0.15) is 0 Å². The van der Waals surface area contributed by atoms with E-state index in [4.69, 9.17) is 5.73 Å². The molecule has 0 unspecified atom stereocenters. The van der Waals surface area contributed by atoms with E-state index in [0.717, 1.165) is 12.8 Å². The molecule has 3 nitrogen and oxygen atoms in total. The van der Waals surface area contributed by atoms with Gasteiger partial charge < -0.3 is 11.1 Å². The average molecular weight is 190 g/mol. The van der Waals surface area contributed by atoms with Crippen LogP contribution < -0.4 is 11.1 Å². The third kappa shape index (κ3) is 1.87. The van der Waals surface area contributed by atoms with Gasteiger partial charge in [0.2, 0.25) is 0 Å². The molecule has 0 bridgehead atoms. The highest BCUT2D eigenvalue weighted by atomic mass is 16.1. The zero-order chi connectivity index (χ0) is 9.97. The first-order valence-electron chi connectivity index (χ1n) is 4.92. The van der Waals surface area contributed by atoms with Crippen molar-refractivity contribution < 1.29 is 4.79 Å². The highest BCUT2D eigenvalue weighted by Crippen LogP contribution is 2.18. The molecule has 0 aromatic heterocycles. The van der Waals surface area contributed by atoms with Crippen LogP contribution >= 0.6 is 0 Å². The van der Waals surface area contributed by atoms with E-state index in [2.05, 4.69) is 5.32 Å². The third-order valence-electron chi connectivity index (χ3n) is 2.61. The topological polar surface area (TPSA) is 55.1 Å². The van der Waals surface area contributed by atoms with Crippen molar-refractivity contribution in [3.05, 3.63) is 29.8 Å². The lowest BCUT2D eigenvalue weighted by molar-refractivity contribution is 0.0917. The Balaban J connectivity index is 1.99. The second-order valence-corrected chi connectivity index (χ2v) is 3.72. The SMILES string of the molecule is Nc1ccc(C(=O)NC2CCC2)cc1. The Labute approximate surface area is 83.3 Å². The van der Waals surface area contributed by atoms with Gasteiger partial charge in [0, 0.05) is 17.3 Å². The molecule has 0 saturated heterocycles. The number of amides is 1. The van der Waals surface area contributed by atoms with Gasteiger partial charge in [-0.15, -0.1) is 0 Å². The van der Waals surface area contributed by atoms with Crippen LogP contribution in [-0.4, -0.2) is 11.9 Å². The van der Waals surface area contributed by atoms with Gasteiger partial charge >= 0.3 is 0 Å². The predicted molar refractivity (Wildman–Crippen MR) is 56.0 cm³/mol. The quantitative estimate of drug-likeness (QED) is 0.695. The lowest BCUT2D eigenvalue weighted by Gasteiger charge is -2.26. The van der Waals surface area contributed by atoms with Gasteiger partial charge in [-0.3, -0.25) is 4.79 Å². The lowest BCUT2D eigenvalue weighted by atomic mass is 9.93. The zero-order valence-corrected chi connectivity index (χ0v) is 7.99. The molecule has 2 rings (SSSR count). The number of anilines is 1. The van der Waals surface area contributed by atoms with Crippen molar-refractivity contribution in [2.24, 2.45) is 0 Å². The number of carbonyl (C=O) groups excluding carboxylic acids is 1. The van der Waals surface area contributed by atoms with Gasteiger partial charge in [-0.1, -0.05) is 0 Å². The van der Waals surface area contributed by atoms with Crippen LogP contribution in [0.2, 0.25) is 0 Å². The van der Waals surface area contributed by atoms with Crippen LogP contribution in [0.1, 0.15) is 29.6 Å². The van der Waals surface area contributed by atoms with Gasteiger partial charge in [-0.25, -0.2) is 0 Å². The molecule has 14 heavy (non-hydrogen) atoms. The van der Waals surface area contributed by atoms with Gasteiger partial charge in [0.15, 0.2) is 0 Å². The molecule has 1 aliphatic rings. The Morgan fingerprint density at radius 3 is 2.43 bits per heavy atom. The molecule has 1 aromatic rings. The van der Waals surface area contributed by atoms with Crippen molar-refractivity contribution in [2.75, 3.05) is 5.73 Å². The fourth-order valence-corrected chi connectivity index (χ4v) is 1.46. The first-order valence-corrected chi connectivity index (χ1v) is 4.92. The fourth-order valence-electron chi connectivity index (χ4n) is 1.46. The van der Waals surface area contributed by atoms with Gasteiger partial charge in [0.1, 0.15) is 0 Å². The van der Waals surface area contributed by atoms with Crippen LogP contribution in [0.4, 0.5) is 5.69 Å². The summed E-state index contributed by atoms with van der Waals surface area (Å²) in [5, 5.41) is 2.97. The first-order chi connectivity index (χ1) is 6.75. The Morgan fingerprint density at radius 1 is 1.29 bits per heavy atom. The largest absolute Gasteiger partial charge is 0.399 e. The molecule has 1 amide bonds. The van der Waals surface area contributed by atoms with E-state index in [9.17, 15) is 4.79 Å². The summed E-state index contributed by atoms with van der Waals surface area (Å²) in [4.78, 5) is 11.6. The Morgan fingerprint density at radius 2 is 1.93 bits per heavy atom. The van der Waals surface area contributed by atoms with Crippen molar-refractivity contribution in [3.63, 3.8) is 0 Å². The fraction of sp³-hybridized carbons (Fsp3) is 0.364. The molecule has 1 aliphatic carbocycles. The number of rotatable bonds is 2. The third-order valence-corrected chi connectivity index (χ3v) is 2.61. The van der Waals surface area contributed by atoms with Crippen molar-refractivity contribution in [1.29, 1.82) is 0 Å². The average Bonchev–Trinajstić information content (AvgIpc) is 2.12. The van der Waals surface area contributed by atoms with E-state index in [-0.39, 0.29) is 5.91 Å². The summed E-state index contributed by atoms with van der Waals surface area (Å²) in [7, 11) is 0. The summed E-state index contributed by atoms with van der Waals surface area (Å²) in [5.41, 5.74) is 6.91. The van der Waals surface area contributed by atoms with E-state index >= 15 is 0 Å². The van der Waals surface area contributed by atoms with E-state index in [1.165, 1.54) is 6.42 Å². The number of nitrogens with two attached hydrogens (primary N) is 1. The van der Waals surface area contributed by atoms with Gasteiger partial charge in [0.05, 0.1) is 0 Å². The molecule has 0 aliphatic heterocycles. The number of benzene rings is 1. The number of nitrogens with one attached hydrogen (secondary N) is 1. The molecule has 1 saturated carbocycles. The highest BCUT2D eigenvalue weighted by molar-refractivity contribution is 5.94. The van der Waals surface area contributed by atoms with Gasteiger partial charge in [0.25, 0.3) is 5.91 Å². The van der Waals surface area contributed by atoms with Gasteiger partial charge in [-0.05, 0) is 43.5 Å². The molecule has 3 N–H and O–H groups in total. The Bertz CT molecular complexity index is 328. The summed E-state index contributed by atoms with van der Waals surface area (Å²) in [6, 6.07) is 7.39. The second kappa shape index (κ2) is 3.70. The lowest BCUT2D eigenvalue weighted by Crippen LogP contribution is -2.39. The van der Waals surface area contributed by atoms with Crippen molar-refractivity contribution in [2.45, 2.75) is 25.3 Å². The van der Waals surface area contributed by atoms with Crippen molar-refractivity contribution >= 4 is 11.6 Å².